The molecule has 0 saturated carbocycles. The van der Waals surface area contributed by atoms with Gasteiger partial charge < -0.3 is 5.32 Å². The summed E-state index contributed by atoms with van der Waals surface area (Å²) in [5, 5.41) is 3.64. The molecule has 102 valence electrons. The van der Waals surface area contributed by atoms with Crippen LogP contribution < -0.4 is 5.32 Å². The van der Waals surface area contributed by atoms with Crippen molar-refractivity contribution in [1.29, 1.82) is 0 Å². The van der Waals surface area contributed by atoms with Gasteiger partial charge >= 0.3 is 0 Å². The third-order valence-electron chi connectivity index (χ3n) is 3.16. The molecule has 1 unspecified atom stereocenters. The van der Waals surface area contributed by atoms with Crippen LogP contribution in [-0.2, 0) is 0 Å². The minimum Gasteiger partial charge on any atom is -0.310 e. The lowest BCUT2D eigenvalue weighted by molar-refractivity contribution is 0.332. The summed E-state index contributed by atoms with van der Waals surface area (Å²) in [5.74, 6) is 0. The van der Waals surface area contributed by atoms with Gasteiger partial charge in [-0.25, -0.2) is 0 Å². The van der Waals surface area contributed by atoms with Gasteiger partial charge in [0.1, 0.15) is 0 Å². The molecule has 1 rings (SSSR count). The van der Waals surface area contributed by atoms with Crippen molar-refractivity contribution in [2.45, 2.75) is 59.9 Å². The van der Waals surface area contributed by atoms with Gasteiger partial charge in [0.25, 0.3) is 0 Å². The summed E-state index contributed by atoms with van der Waals surface area (Å²) in [5.41, 5.74) is 2.80. The van der Waals surface area contributed by atoms with E-state index in [2.05, 4.69) is 50.1 Å². The van der Waals surface area contributed by atoms with E-state index >= 15 is 0 Å². The summed E-state index contributed by atoms with van der Waals surface area (Å²) in [6, 6.07) is 4.75. The minimum absolute atomic E-state index is 0.393. The number of nitrogens with one attached hydrogen (secondary N) is 1. The fraction of sp³-hybridized carbons (Fsp3) is 0.688. The average molecular weight is 248 g/mol. The molecule has 1 N–H and O–H groups in total. The maximum atomic E-state index is 4.41. The Bertz CT molecular complexity index is 335. The fourth-order valence-electron chi connectivity index (χ4n) is 1.97. The Morgan fingerprint density at radius 3 is 2.50 bits per heavy atom. The van der Waals surface area contributed by atoms with Crippen molar-refractivity contribution in [2.75, 3.05) is 6.54 Å². The first-order chi connectivity index (χ1) is 8.42. The highest BCUT2D eigenvalue weighted by atomic mass is 14.9. The van der Waals surface area contributed by atoms with Crippen LogP contribution >= 0.6 is 0 Å². The van der Waals surface area contributed by atoms with Crippen molar-refractivity contribution in [3.05, 3.63) is 29.6 Å². The van der Waals surface area contributed by atoms with Crippen molar-refractivity contribution in [1.82, 2.24) is 10.3 Å². The van der Waals surface area contributed by atoms with Crippen molar-refractivity contribution < 1.29 is 0 Å². The number of hydrogen-bond donors (Lipinski definition) is 1. The Hall–Kier alpha value is -0.890. The van der Waals surface area contributed by atoms with Gasteiger partial charge in [-0.2, -0.15) is 0 Å². The van der Waals surface area contributed by atoms with Crippen LogP contribution in [0, 0.1) is 12.3 Å². The smallest absolute Gasteiger partial charge is 0.0372 e. The number of hydrogen-bond acceptors (Lipinski definition) is 2. The Labute approximate surface area is 112 Å². The summed E-state index contributed by atoms with van der Waals surface area (Å²) < 4.78 is 0. The number of aromatic nitrogens is 1. The average Bonchev–Trinajstić information content (AvgIpc) is 2.29. The summed E-state index contributed by atoms with van der Waals surface area (Å²) in [6.45, 7) is 12.2. The zero-order valence-corrected chi connectivity index (χ0v) is 12.6. The van der Waals surface area contributed by atoms with Crippen molar-refractivity contribution >= 4 is 0 Å². The quantitative estimate of drug-likeness (QED) is 0.813. The first-order valence-corrected chi connectivity index (χ1v) is 7.08. The number of aryl methyl sites for hydroxylation is 1. The molecule has 1 atom stereocenters. The molecule has 0 aliphatic rings. The topological polar surface area (TPSA) is 24.9 Å². The van der Waals surface area contributed by atoms with E-state index in [1.54, 1.807) is 0 Å². The highest BCUT2D eigenvalue weighted by Crippen LogP contribution is 2.27. The Morgan fingerprint density at radius 2 is 2.00 bits per heavy atom. The van der Waals surface area contributed by atoms with Crippen molar-refractivity contribution in [3.63, 3.8) is 0 Å². The first-order valence-electron chi connectivity index (χ1n) is 7.08. The Morgan fingerprint density at radius 1 is 1.28 bits per heavy atom. The van der Waals surface area contributed by atoms with E-state index in [-0.39, 0.29) is 0 Å². The van der Waals surface area contributed by atoms with Gasteiger partial charge in [-0.1, -0.05) is 33.8 Å². The SMILES string of the molecule is CCCNC(CCC(C)(C)C)c1ccc(C)nc1. The van der Waals surface area contributed by atoms with E-state index in [0.717, 1.165) is 12.2 Å². The van der Waals surface area contributed by atoms with E-state index in [9.17, 15) is 0 Å². The molecule has 0 aromatic carbocycles. The second-order valence-electron chi connectivity index (χ2n) is 6.34. The summed E-state index contributed by atoms with van der Waals surface area (Å²) in [6.07, 6.45) is 5.59. The van der Waals surface area contributed by atoms with E-state index in [4.69, 9.17) is 0 Å². The maximum absolute atomic E-state index is 4.41. The van der Waals surface area contributed by atoms with Crippen LogP contribution in [0.1, 0.15) is 64.3 Å². The molecule has 0 bridgehead atoms. The van der Waals surface area contributed by atoms with Crippen LogP contribution in [0.2, 0.25) is 0 Å². The van der Waals surface area contributed by atoms with Crippen molar-refractivity contribution in [2.24, 2.45) is 5.41 Å². The third-order valence-corrected chi connectivity index (χ3v) is 3.16. The number of rotatable bonds is 6. The van der Waals surface area contributed by atoms with Crippen LogP contribution in [-0.4, -0.2) is 11.5 Å². The Kier molecular flexibility index (Phi) is 5.80. The zero-order valence-electron chi connectivity index (χ0n) is 12.6. The molecular weight excluding hydrogens is 220 g/mol. The van der Waals surface area contributed by atoms with Gasteiger partial charge in [0.05, 0.1) is 0 Å². The molecule has 1 aromatic heterocycles. The van der Waals surface area contributed by atoms with Gasteiger partial charge in [-0.3, -0.25) is 4.98 Å². The third kappa shape index (κ3) is 5.63. The first kappa shape index (κ1) is 15.2. The second kappa shape index (κ2) is 6.89. The van der Waals surface area contributed by atoms with E-state index in [1.165, 1.54) is 24.8 Å². The minimum atomic E-state index is 0.393. The van der Waals surface area contributed by atoms with Gasteiger partial charge in [0.15, 0.2) is 0 Å². The maximum Gasteiger partial charge on any atom is 0.0372 e. The summed E-state index contributed by atoms with van der Waals surface area (Å²) in [7, 11) is 0. The highest BCUT2D eigenvalue weighted by molar-refractivity contribution is 5.17. The molecule has 0 fully saturated rings. The molecule has 1 heterocycles. The molecule has 0 aliphatic heterocycles. The molecule has 0 aliphatic carbocycles. The lowest BCUT2D eigenvalue weighted by Gasteiger charge is -2.24. The van der Waals surface area contributed by atoms with E-state index in [1.807, 2.05) is 13.1 Å². The number of pyridine rings is 1. The largest absolute Gasteiger partial charge is 0.310 e. The molecule has 0 amide bonds. The van der Waals surface area contributed by atoms with E-state index < -0.39 is 0 Å². The van der Waals surface area contributed by atoms with Crippen LogP contribution in [0.4, 0.5) is 0 Å². The van der Waals surface area contributed by atoms with E-state index in [0.29, 0.717) is 11.5 Å². The molecule has 2 heteroatoms. The molecule has 0 radical (unpaired) electrons. The zero-order chi connectivity index (χ0) is 13.6. The van der Waals surface area contributed by atoms with Gasteiger partial charge in [0.2, 0.25) is 0 Å². The molecule has 18 heavy (non-hydrogen) atoms. The molecule has 0 saturated heterocycles. The number of nitrogens with zero attached hydrogens (tertiary/aromatic N) is 1. The summed E-state index contributed by atoms with van der Waals surface area (Å²) in [4.78, 5) is 4.41. The second-order valence-corrected chi connectivity index (χ2v) is 6.34. The predicted molar refractivity (Wildman–Crippen MR) is 78.7 cm³/mol. The lowest BCUT2D eigenvalue weighted by atomic mass is 9.87. The van der Waals surface area contributed by atoms with Gasteiger partial charge in [-0.15, -0.1) is 0 Å². The molecular formula is C16H28N2. The normalized spacial score (nSPS) is 13.6. The standard InChI is InChI=1S/C16H28N2/c1-6-11-17-15(9-10-16(3,4)5)14-8-7-13(2)18-12-14/h7-8,12,15,17H,6,9-11H2,1-5H3. The van der Waals surface area contributed by atoms with Gasteiger partial charge in [-0.05, 0) is 49.8 Å². The lowest BCUT2D eigenvalue weighted by Crippen LogP contribution is -2.23. The molecule has 1 aromatic rings. The highest BCUT2D eigenvalue weighted by Gasteiger charge is 2.16. The van der Waals surface area contributed by atoms with Gasteiger partial charge in [0, 0.05) is 17.9 Å². The monoisotopic (exact) mass is 248 g/mol. The van der Waals surface area contributed by atoms with Crippen molar-refractivity contribution in [3.8, 4) is 0 Å². The molecule has 2 nitrogen and oxygen atoms in total. The summed E-state index contributed by atoms with van der Waals surface area (Å²) >= 11 is 0. The Balaban J connectivity index is 2.68. The van der Waals surface area contributed by atoms with Crippen LogP contribution in [0.5, 0.6) is 0 Å². The molecule has 0 spiro atoms. The predicted octanol–water partition coefficient (Wildman–Crippen LogP) is 4.26. The van der Waals surface area contributed by atoms with Crippen LogP contribution in [0.15, 0.2) is 18.3 Å². The fourth-order valence-corrected chi connectivity index (χ4v) is 1.97. The van der Waals surface area contributed by atoms with Crippen LogP contribution in [0.25, 0.3) is 0 Å². The van der Waals surface area contributed by atoms with Crippen LogP contribution in [0.3, 0.4) is 0 Å².